The summed E-state index contributed by atoms with van der Waals surface area (Å²) in [6.07, 6.45) is 2.83. The van der Waals surface area contributed by atoms with Crippen LogP contribution in [0, 0.1) is 0 Å². The van der Waals surface area contributed by atoms with E-state index in [1.807, 2.05) is 42.5 Å². The van der Waals surface area contributed by atoms with Crippen molar-refractivity contribution in [2.75, 3.05) is 18.2 Å². The average molecular weight is 466 g/mol. The van der Waals surface area contributed by atoms with E-state index in [2.05, 4.69) is 5.10 Å². The molecule has 0 aliphatic heterocycles. The third-order valence-corrected chi connectivity index (χ3v) is 6.43. The van der Waals surface area contributed by atoms with E-state index in [0.29, 0.717) is 16.3 Å². The Labute approximate surface area is 191 Å². The fraction of sp³-hybridized carbons (Fsp3) is 0.0833. The van der Waals surface area contributed by atoms with Gasteiger partial charge in [0.05, 0.1) is 4.90 Å². The van der Waals surface area contributed by atoms with Crippen LogP contribution < -0.4 is 4.90 Å². The Morgan fingerprint density at radius 1 is 0.906 bits per heavy atom. The zero-order chi connectivity index (χ0) is 22.9. The molecule has 32 heavy (non-hydrogen) atoms. The first-order valence-electron chi connectivity index (χ1n) is 9.73. The molecule has 0 radical (unpaired) electrons. The predicted molar refractivity (Wildman–Crippen MR) is 127 cm³/mol. The van der Waals surface area contributed by atoms with Crippen molar-refractivity contribution in [3.63, 3.8) is 0 Å². The van der Waals surface area contributed by atoms with Crippen molar-refractivity contribution in [3.05, 3.63) is 90.1 Å². The summed E-state index contributed by atoms with van der Waals surface area (Å²) in [5.41, 5.74) is 3.54. The van der Waals surface area contributed by atoms with Gasteiger partial charge in [0.15, 0.2) is 9.84 Å². The van der Waals surface area contributed by atoms with Crippen LogP contribution in [0.5, 0.6) is 0 Å². The maximum atomic E-state index is 13.1. The molecule has 8 heteroatoms. The number of carbonyl (C=O) groups excluding carboxylic acids is 1. The first kappa shape index (κ1) is 21.8. The summed E-state index contributed by atoms with van der Waals surface area (Å²) in [7, 11) is -1.64. The van der Waals surface area contributed by atoms with Crippen molar-refractivity contribution in [1.29, 1.82) is 0 Å². The van der Waals surface area contributed by atoms with Crippen LogP contribution in [0.1, 0.15) is 0 Å². The zero-order valence-electron chi connectivity index (χ0n) is 17.4. The Morgan fingerprint density at radius 2 is 1.50 bits per heavy atom. The fourth-order valence-electron chi connectivity index (χ4n) is 3.30. The molecule has 0 saturated carbocycles. The van der Waals surface area contributed by atoms with Gasteiger partial charge in [0, 0.05) is 41.3 Å². The van der Waals surface area contributed by atoms with Crippen molar-refractivity contribution in [1.82, 2.24) is 9.78 Å². The van der Waals surface area contributed by atoms with E-state index in [9.17, 15) is 13.2 Å². The number of halogens is 1. The van der Waals surface area contributed by atoms with Crippen molar-refractivity contribution in [3.8, 4) is 22.4 Å². The molecule has 0 saturated heterocycles. The van der Waals surface area contributed by atoms with Crippen LogP contribution in [0.25, 0.3) is 22.4 Å². The molecule has 0 N–H and O–H groups in total. The molecule has 1 amide bonds. The molecule has 6 nitrogen and oxygen atoms in total. The minimum Gasteiger partial charge on any atom is -0.296 e. The van der Waals surface area contributed by atoms with Gasteiger partial charge in [-0.05, 0) is 42.0 Å². The molecule has 4 rings (SSSR count). The van der Waals surface area contributed by atoms with E-state index < -0.39 is 9.84 Å². The van der Waals surface area contributed by atoms with E-state index in [1.165, 1.54) is 21.7 Å². The molecule has 162 valence electrons. The summed E-state index contributed by atoms with van der Waals surface area (Å²) in [5.74, 6) is 0. The van der Waals surface area contributed by atoms with Crippen LogP contribution in [0.15, 0.2) is 90.0 Å². The lowest BCUT2D eigenvalue weighted by molar-refractivity contribution is 0.246. The first-order valence-corrected chi connectivity index (χ1v) is 12.0. The minimum absolute atomic E-state index is 0.216. The lowest BCUT2D eigenvalue weighted by Crippen LogP contribution is -2.31. The van der Waals surface area contributed by atoms with Crippen LogP contribution in [0.4, 0.5) is 10.5 Å². The van der Waals surface area contributed by atoms with Crippen LogP contribution in [-0.4, -0.2) is 37.5 Å². The number of aromatic nitrogens is 2. The van der Waals surface area contributed by atoms with Crippen LogP contribution >= 0.6 is 11.6 Å². The molecule has 0 atom stereocenters. The molecule has 1 aromatic heterocycles. The summed E-state index contributed by atoms with van der Waals surface area (Å²) in [5, 5.41) is 5.16. The smallest absolute Gasteiger partial charge is 0.296 e. The molecular formula is C24H20ClN3O3S. The molecule has 3 aromatic carbocycles. The van der Waals surface area contributed by atoms with E-state index in [0.717, 1.165) is 23.1 Å². The first-order chi connectivity index (χ1) is 15.2. The Hall–Kier alpha value is -3.42. The lowest BCUT2D eigenvalue weighted by atomic mass is 10.0. The van der Waals surface area contributed by atoms with Gasteiger partial charge in [-0.1, -0.05) is 54.1 Å². The maximum absolute atomic E-state index is 13.1. The van der Waals surface area contributed by atoms with E-state index in [4.69, 9.17) is 11.6 Å². The number of benzene rings is 3. The minimum atomic E-state index is -3.32. The Kier molecular flexibility index (Phi) is 5.86. The number of amides is 1. The van der Waals surface area contributed by atoms with E-state index >= 15 is 0 Å². The number of anilines is 1. The van der Waals surface area contributed by atoms with E-state index in [1.54, 1.807) is 37.5 Å². The molecular weight excluding hydrogens is 446 g/mol. The normalized spacial score (nSPS) is 11.3. The Morgan fingerprint density at radius 3 is 2.09 bits per heavy atom. The number of carbonyl (C=O) groups is 1. The second-order valence-electron chi connectivity index (χ2n) is 7.32. The topological polar surface area (TPSA) is 72.3 Å². The van der Waals surface area contributed by atoms with Crippen LogP contribution in [0.3, 0.4) is 0 Å². The number of para-hydroxylation sites is 1. The summed E-state index contributed by atoms with van der Waals surface area (Å²) in [6, 6.07) is 22.6. The fourth-order valence-corrected chi connectivity index (χ4v) is 4.06. The van der Waals surface area contributed by atoms with Gasteiger partial charge in [-0.3, -0.25) is 4.90 Å². The number of rotatable bonds is 4. The number of sulfone groups is 1. The van der Waals surface area contributed by atoms with Gasteiger partial charge in [-0.15, -0.1) is 0 Å². The summed E-state index contributed by atoms with van der Waals surface area (Å²) < 4.78 is 24.9. The highest BCUT2D eigenvalue weighted by Gasteiger charge is 2.20. The van der Waals surface area contributed by atoms with Crippen molar-refractivity contribution >= 4 is 33.2 Å². The van der Waals surface area contributed by atoms with Gasteiger partial charge >= 0.3 is 6.03 Å². The quantitative estimate of drug-likeness (QED) is 0.405. The van der Waals surface area contributed by atoms with Gasteiger partial charge in [-0.25, -0.2) is 13.2 Å². The Balaban J connectivity index is 1.80. The number of hydrogen-bond donors (Lipinski definition) is 0. The van der Waals surface area contributed by atoms with Gasteiger partial charge in [-0.2, -0.15) is 9.78 Å². The highest BCUT2D eigenvalue weighted by atomic mass is 35.5. The molecule has 1 heterocycles. The molecule has 0 fully saturated rings. The second-order valence-corrected chi connectivity index (χ2v) is 9.77. The van der Waals surface area contributed by atoms with Gasteiger partial charge < -0.3 is 0 Å². The highest BCUT2D eigenvalue weighted by molar-refractivity contribution is 7.90. The second kappa shape index (κ2) is 8.61. The molecule has 4 aromatic rings. The lowest BCUT2D eigenvalue weighted by Gasteiger charge is -2.16. The van der Waals surface area contributed by atoms with Crippen LogP contribution in [0.2, 0.25) is 5.02 Å². The standard InChI is InChI=1S/C24H20ClN3O3S/c1-27(20-6-4-3-5-7-20)24(29)28-16-22(17-8-12-19(25)13-9-17)23(26-28)18-10-14-21(15-11-18)32(2,30)31/h3-16H,1-2H3. The molecule has 0 bridgehead atoms. The third kappa shape index (κ3) is 4.44. The van der Waals surface area contributed by atoms with Crippen molar-refractivity contribution in [2.45, 2.75) is 4.90 Å². The third-order valence-electron chi connectivity index (χ3n) is 5.05. The number of nitrogens with zero attached hydrogens (tertiary/aromatic N) is 3. The monoisotopic (exact) mass is 465 g/mol. The average Bonchev–Trinajstić information content (AvgIpc) is 3.24. The maximum Gasteiger partial charge on any atom is 0.348 e. The van der Waals surface area contributed by atoms with Gasteiger partial charge in [0.2, 0.25) is 0 Å². The zero-order valence-corrected chi connectivity index (χ0v) is 19.0. The summed E-state index contributed by atoms with van der Waals surface area (Å²) >= 11 is 6.04. The van der Waals surface area contributed by atoms with Crippen molar-refractivity contribution in [2.24, 2.45) is 0 Å². The summed E-state index contributed by atoms with van der Waals surface area (Å²) in [6.45, 7) is 0. The highest BCUT2D eigenvalue weighted by Crippen LogP contribution is 2.32. The SMILES string of the molecule is CN(C(=O)n1cc(-c2ccc(Cl)cc2)c(-c2ccc(S(C)(=O)=O)cc2)n1)c1ccccc1. The Bertz CT molecular complexity index is 1360. The number of hydrogen-bond acceptors (Lipinski definition) is 4. The van der Waals surface area contributed by atoms with Gasteiger partial charge in [0.25, 0.3) is 0 Å². The predicted octanol–water partition coefficient (Wildman–Crippen LogP) is 5.38. The largest absolute Gasteiger partial charge is 0.348 e. The molecule has 0 aliphatic carbocycles. The van der Waals surface area contributed by atoms with E-state index in [-0.39, 0.29) is 10.9 Å². The summed E-state index contributed by atoms with van der Waals surface area (Å²) in [4.78, 5) is 14.9. The van der Waals surface area contributed by atoms with Gasteiger partial charge in [0.1, 0.15) is 5.69 Å². The molecule has 0 unspecified atom stereocenters. The van der Waals surface area contributed by atoms with Crippen molar-refractivity contribution < 1.29 is 13.2 Å². The van der Waals surface area contributed by atoms with Crippen LogP contribution in [-0.2, 0) is 9.84 Å². The molecule has 0 spiro atoms. The molecule has 0 aliphatic rings.